The summed E-state index contributed by atoms with van der Waals surface area (Å²) >= 11 is 6.22. The lowest BCUT2D eigenvalue weighted by Crippen LogP contribution is -2.52. The highest BCUT2D eigenvalue weighted by molar-refractivity contribution is 6.34. The van der Waals surface area contributed by atoms with Crippen LogP contribution in [0.25, 0.3) is 0 Å². The average Bonchev–Trinajstić information content (AvgIpc) is 3.14. The molecule has 23 heavy (non-hydrogen) atoms. The van der Waals surface area contributed by atoms with E-state index in [2.05, 4.69) is 4.98 Å². The SMILES string of the molecule is O=C(c1ccccn1)N1C[C@@H]2C[C@H]1C(=O)N2c1ccccc1Cl. The molecule has 2 bridgehead atoms. The van der Waals surface area contributed by atoms with Gasteiger partial charge in [-0.2, -0.15) is 0 Å². The number of hydrogen-bond donors (Lipinski definition) is 0. The number of anilines is 1. The van der Waals surface area contributed by atoms with E-state index in [0.717, 1.165) is 5.69 Å². The Hall–Kier alpha value is -2.40. The van der Waals surface area contributed by atoms with Crippen LogP contribution in [0.4, 0.5) is 5.69 Å². The van der Waals surface area contributed by atoms with E-state index in [-0.39, 0.29) is 17.9 Å². The number of amides is 2. The average molecular weight is 328 g/mol. The summed E-state index contributed by atoms with van der Waals surface area (Å²) in [5.41, 5.74) is 1.09. The number of fused-ring (bicyclic) bond motifs is 2. The molecule has 2 amide bonds. The van der Waals surface area contributed by atoms with Crippen LogP contribution in [0, 0.1) is 0 Å². The van der Waals surface area contributed by atoms with Crippen LogP contribution in [0.3, 0.4) is 0 Å². The van der Waals surface area contributed by atoms with Crippen LogP contribution in [0.15, 0.2) is 48.7 Å². The number of likely N-dealkylation sites (tertiary alicyclic amines) is 1. The molecule has 2 aromatic rings. The van der Waals surface area contributed by atoms with Crippen LogP contribution in [0.1, 0.15) is 16.9 Å². The number of pyridine rings is 1. The second kappa shape index (κ2) is 5.35. The molecule has 2 aliphatic heterocycles. The summed E-state index contributed by atoms with van der Waals surface area (Å²) in [5, 5.41) is 0.552. The third-order valence-corrected chi connectivity index (χ3v) is 4.74. The Balaban J connectivity index is 1.60. The van der Waals surface area contributed by atoms with Gasteiger partial charge in [-0.1, -0.05) is 29.8 Å². The molecule has 3 heterocycles. The Morgan fingerprint density at radius 1 is 1.17 bits per heavy atom. The van der Waals surface area contributed by atoms with Gasteiger partial charge in [0.1, 0.15) is 11.7 Å². The molecule has 6 heteroatoms. The lowest BCUT2D eigenvalue weighted by molar-refractivity contribution is -0.121. The first-order valence-electron chi connectivity index (χ1n) is 7.46. The Bertz CT molecular complexity index is 780. The molecule has 0 radical (unpaired) electrons. The number of aromatic nitrogens is 1. The quantitative estimate of drug-likeness (QED) is 0.851. The van der Waals surface area contributed by atoms with Crippen molar-refractivity contribution in [1.29, 1.82) is 0 Å². The number of halogens is 1. The van der Waals surface area contributed by atoms with Crippen molar-refractivity contribution in [3.8, 4) is 0 Å². The van der Waals surface area contributed by atoms with Crippen LogP contribution < -0.4 is 4.90 Å². The molecule has 4 rings (SSSR count). The van der Waals surface area contributed by atoms with Gasteiger partial charge in [0.2, 0.25) is 5.91 Å². The number of hydrogen-bond acceptors (Lipinski definition) is 3. The van der Waals surface area contributed by atoms with Gasteiger partial charge in [0.15, 0.2) is 0 Å². The fourth-order valence-electron chi connectivity index (χ4n) is 3.40. The second-order valence-corrected chi connectivity index (χ2v) is 6.14. The van der Waals surface area contributed by atoms with Crippen LogP contribution >= 0.6 is 11.6 Å². The number of benzene rings is 1. The lowest BCUT2D eigenvalue weighted by atomic mass is 10.2. The second-order valence-electron chi connectivity index (χ2n) is 5.74. The largest absolute Gasteiger partial charge is 0.323 e. The van der Waals surface area contributed by atoms with Gasteiger partial charge in [0.25, 0.3) is 5.91 Å². The molecule has 2 atom stereocenters. The van der Waals surface area contributed by atoms with Gasteiger partial charge in [-0.25, -0.2) is 0 Å². The summed E-state index contributed by atoms with van der Waals surface area (Å²) in [6, 6.07) is 12.1. The number of carbonyl (C=O) groups is 2. The molecule has 0 aliphatic carbocycles. The lowest BCUT2D eigenvalue weighted by Gasteiger charge is -2.34. The maximum absolute atomic E-state index is 12.7. The monoisotopic (exact) mass is 327 g/mol. The first-order valence-corrected chi connectivity index (χ1v) is 7.84. The van der Waals surface area contributed by atoms with E-state index in [0.29, 0.717) is 23.7 Å². The van der Waals surface area contributed by atoms with Crippen molar-refractivity contribution in [2.24, 2.45) is 0 Å². The predicted octanol–water partition coefficient (Wildman–Crippen LogP) is 2.36. The van der Waals surface area contributed by atoms with Gasteiger partial charge < -0.3 is 9.80 Å². The topological polar surface area (TPSA) is 53.5 Å². The van der Waals surface area contributed by atoms with Gasteiger partial charge in [-0.15, -0.1) is 0 Å². The van der Waals surface area contributed by atoms with Gasteiger partial charge >= 0.3 is 0 Å². The molecule has 1 aromatic heterocycles. The normalized spacial score (nSPS) is 22.7. The van der Waals surface area contributed by atoms with E-state index in [1.165, 1.54) is 0 Å². The maximum atomic E-state index is 12.7. The summed E-state index contributed by atoms with van der Waals surface area (Å²) in [7, 11) is 0. The fourth-order valence-corrected chi connectivity index (χ4v) is 3.63. The summed E-state index contributed by atoms with van der Waals surface area (Å²) in [6.45, 7) is 0.511. The minimum Gasteiger partial charge on any atom is -0.323 e. The van der Waals surface area contributed by atoms with Crippen molar-refractivity contribution in [3.63, 3.8) is 0 Å². The predicted molar refractivity (Wildman–Crippen MR) is 86.4 cm³/mol. The van der Waals surface area contributed by atoms with Crippen LogP contribution in [-0.2, 0) is 4.79 Å². The highest BCUT2D eigenvalue weighted by Gasteiger charge is 2.52. The van der Waals surface area contributed by atoms with Gasteiger partial charge in [-0.3, -0.25) is 14.6 Å². The molecule has 0 N–H and O–H groups in total. The molecule has 2 aliphatic rings. The third-order valence-electron chi connectivity index (χ3n) is 4.42. The van der Waals surface area contributed by atoms with E-state index in [4.69, 9.17) is 11.6 Å². The van der Waals surface area contributed by atoms with Crippen molar-refractivity contribution in [1.82, 2.24) is 9.88 Å². The molecule has 2 saturated heterocycles. The smallest absolute Gasteiger partial charge is 0.273 e. The number of para-hydroxylation sites is 1. The first-order chi connectivity index (χ1) is 11.2. The molecule has 2 fully saturated rings. The van der Waals surface area contributed by atoms with Gasteiger partial charge in [0.05, 0.1) is 16.8 Å². The zero-order chi connectivity index (χ0) is 16.0. The van der Waals surface area contributed by atoms with E-state index >= 15 is 0 Å². The zero-order valence-electron chi connectivity index (χ0n) is 12.2. The number of nitrogens with zero attached hydrogens (tertiary/aromatic N) is 3. The van der Waals surface area contributed by atoms with Crippen LogP contribution in [-0.4, -0.2) is 40.3 Å². The molecule has 0 spiro atoms. The van der Waals surface area contributed by atoms with Crippen LogP contribution in [0.2, 0.25) is 5.02 Å². The van der Waals surface area contributed by atoms with Crippen molar-refractivity contribution < 1.29 is 9.59 Å². The van der Waals surface area contributed by atoms with Gasteiger partial charge in [0, 0.05) is 12.7 Å². The van der Waals surface area contributed by atoms with Crippen molar-refractivity contribution in [2.45, 2.75) is 18.5 Å². The van der Waals surface area contributed by atoms with Gasteiger partial charge in [-0.05, 0) is 30.7 Å². The Kier molecular flexibility index (Phi) is 3.31. The molecule has 1 aromatic carbocycles. The minimum atomic E-state index is -0.425. The summed E-state index contributed by atoms with van der Waals surface area (Å²) in [4.78, 5) is 32.7. The standard InChI is InChI=1S/C17H14ClN3O2/c18-12-5-1-2-7-14(12)21-11-9-15(17(21)23)20(10-11)16(22)13-6-3-4-8-19-13/h1-8,11,15H,9-10H2/t11-,15-/m0/s1. The highest BCUT2D eigenvalue weighted by atomic mass is 35.5. The van der Waals surface area contributed by atoms with Crippen molar-refractivity contribution in [3.05, 3.63) is 59.4 Å². The number of rotatable bonds is 2. The molecule has 5 nitrogen and oxygen atoms in total. The fraction of sp³-hybridized carbons (Fsp3) is 0.235. The van der Waals surface area contributed by atoms with Crippen molar-refractivity contribution >= 4 is 29.1 Å². The Labute approximate surface area is 138 Å². The summed E-state index contributed by atoms with van der Waals surface area (Å²) in [6.07, 6.45) is 2.22. The minimum absolute atomic E-state index is 0.0277. The Morgan fingerprint density at radius 3 is 2.65 bits per heavy atom. The highest BCUT2D eigenvalue weighted by Crippen LogP contribution is 2.38. The molecule has 0 saturated carbocycles. The van der Waals surface area contributed by atoms with E-state index in [9.17, 15) is 9.59 Å². The molecular formula is C17H14ClN3O2. The molecular weight excluding hydrogens is 314 g/mol. The number of carbonyl (C=O) groups excluding carboxylic acids is 2. The molecule has 116 valence electrons. The maximum Gasteiger partial charge on any atom is 0.273 e. The van der Waals surface area contributed by atoms with E-state index in [1.807, 2.05) is 18.2 Å². The first kappa shape index (κ1) is 14.2. The summed E-state index contributed by atoms with van der Waals surface area (Å²) < 4.78 is 0. The van der Waals surface area contributed by atoms with E-state index in [1.54, 1.807) is 40.3 Å². The summed E-state index contributed by atoms with van der Waals surface area (Å²) in [5.74, 6) is -0.260. The Morgan fingerprint density at radius 2 is 1.96 bits per heavy atom. The van der Waals surface area contributed by atoms with E-state index < -0.39 is 6.04 Å². The molecule has 0 unspecified atom stereocenters. The number of piperazine rings is 1. The third kappa shape index (κ3) is 2.19. The van der Waals surface area contributed by atoms with Crippen molar-refractivity contribution in [2.75, 3.05) is 11.4 Å². The van der Waals surface area contributed by atoms with Crippen LogP contribution in [0.5, 0.6) is 0 Å². The zero-order valence-corrected chi connectivity index (χ0v) is 13.0.